The maximum Gasteiger partial charge on any atom is 0.198 e. The van der Waals surface area contributed by atoms with Crippen molar-refractivity contribution in [2.24, 2.45) is 9.98 Å². The van der Waals surface area contributed by atoms with Gasteiger partial charge < -0.3 is 10.1 Å². The van der Waals surface area contributed by atoms with Crippen LogP contribution in [0.3, 0.4) is 0 Å². The van der Waals surface area contributed by atoms with Crippen molar-refractivity contribution in [3.05, 3.63) is 48.7 Å². The Bertz CT molecular complexity index is 519. The quantitative estimate of drug-likeness (QED) is 0.283. The van der Waals surface area contributed by atoms with Crippen molar-refractivity contribution in [3.63, 3.8) is 0 Å². The maximum absolute atomic E-state index is 5.31. The summed E-state index contributed by atoms with van der Waals surface area (Å²) in [4.78, 5) is 8.68. The van der Waals surface area contributed by atoms with Crippen LogP contribution in [-0.2, 0) is 4.74 Å². The lowest BCUT2D eigenvalue weighted by Crippen LogP contribution is -2.32. The average Bonchev–Trinajstić information content (AvgIpc) is 2.60. The van der Waals surface area contributed by atoms with Gasteiger partial charge in [-0.25, -0.2) is 4.99 Å². The molecule has 0 heterocycles. The molecule has 1 atom stereocenters. The molecule has 24 heavy (non-hydrogen) atoms. The molecular weight excluding hydrogens is 318 g/mol. The van der Waals surface area contributed by atoms with E-state index in [-0.39, 0.29) is 6.04 Å². The van der Waals surface area contributed by atoms with Gasteiger partial charge in [0.25, 0.3) is 0 Å². The molecule has 5 heteroatoms. The predicted octanol–water partition coefficient (Wildman–Crippen LogP) is 4.73. The lowest BCUT2D eigenvalue weighted by Gasteiger charge is -2.17. The molecule has 0 aliphatic carbocycles. The molecule has 4 nitrogen and oxygen atoms in total. The molecule has 1 unspecified atom stereocenters. The molecule has 0 radical (unpaired) electrons. The summed E-state index contributed by atoms with van der Waals surface area (Å²) in [5, 5.41) is 4.28. The van der Waals surface area contributed by atoms with Gasteiger partial charge in [0.15, 0.2) is 11.1 Å². The first kappa shape index (κ1) is 22.2. The number of allylic oxidation sites excluding steroid dienone is 4. The Hall–Kier alpha value is -1.75. The van der Waals surface area contributed by atoms with Gasteiger partial charge in [-0.1, -0.05) is 49.6 Å². The van der Waals surface area contributed by atoms with Crippen molar-refractivity contribution in [2.75, 3.05) is 19.9 Å². The average molecular weight is 350 g/mol. The number of nitrogens with zero attached hydrogens (tertiary/aromatic N) is 2. The number of amidine groups is 1. The van der Waals surface area contributed by atoms with Crippen LogP contribution in [0.25, 0.3) is 0 Å². The van der Waals surface area contributed by atoms with E-state index in [2.05, 4.69) is 53.6 Å². The lowest BCUT2D eigenvalue weighted by molar-refractivity contribution is 0.400. The third kappa shape index (κ3) is 9.40. The molecule has 0 aromatic heterocycles. The van der Waals surface area contributed by atoms with Crippen molar-refractivity contribution in [1.29, 1.82) is 0 Å². The smallest absolute Gasteiger partial charge is 0.198 e. The monoisotopic (exact) mass is 349 g/mol. The molecule has 0 saturated carbocycles. The van der Waals surface area contributed by atoms with E-state index in [1.54, 1.807) is 25.9 Å². The van der Waals surface area contributed by atoms with Gasteiger partial charge in [-0.2, -0.15) is 0 Å². The first-order valence-corrected chi connectivity index (χ1v) is 9.09. The van der Waals surface area contributed by atoms with Gasteiger partial charge in [0.05, 0.1) is 18.9 Å². The molecule has 134 valence electrons. The van der Waals surface area contributed by atoms with Gasteiger partial charge in [0, 0.05) is 12.7 Å². The lowest BCUT2D eigenvalue weighted by atomic mass is 10.1. The van der Waals surface area contributed by atoms with Gasteiger partial charge in [-0.05, 0) is 32.3 Å². The highest BCUT2D eigenvalue weighted by atomic mass is 32.2. The summed E-state index contributed by atoms with van der Waals surface area (Å²) >= 11 is 1.57. The Labute approximate surface area is 151 Å². The summed E-state index contributed by atoms with van der Waals surface area (Å²) in [5.41, 5.74) is 2.02. The minimum absolute atomic E-state index is 0.163. The van der Waals surface area contributed by atoms with Crippen LogP contribution < -0.4 is 5.32 Å². The number of thioether (sulfide) groups is 1. The van der Waals surface area contributed by atoms with Crippen molar-refractivity contribution in [1.82, 2.24) is 5.32 Å². The van der Waals surface area contributed by atoms with E-state index in [1.165, 1.54) is 5.57 Å². The molecule has 0 spiro atoms. The van der Waals surface area contributed by atoms with Crippen molar-refractivity contribution in [2.45, 2.75) is 39.7 Å². The number of aliphatic imine (C=N–C) groups is 2. The van der Waals surface area contributed by atoms with Crippen molar-refractivity contribution < 1.29 is 4.74 Å². The van der Waals surface area contributed by atoms with E-state index in [4.69, 9.17) is 4.74 Å². The minimum Gasteiger partial charge on any atom is -0.483 e. The number of ether oxygens (including phenoxy) is 1. The van der Waals surface area contributed by atoms with Crippen LogP contribution in [0.2, 0.25) is 0 Å². The second-order valence-electron chi connectivity index (χ2n) is 5.03. The highest BCUT2D eigenvalue weighted by molar-refractivity contribution is 8.14. The van der Waals surface area contributed by atoms with Crippen LogP contribution in [0.15, 0.2) is 58.7 Å². The van der Waals surface area contributed by atoms with Gasteiger partial charge in [-0.3, -0.25) is 4.99 Å². The first-order valence-electron chi connectivity index (χ1n) is 8.11. The van der Waals surface area contributed by atoms with E-state index in [1.807, 2.05) is 19.9 Å². The van der Waals surface area contributed by atoms with Crippen LogP contribution in [0.4, 0.5) is 0 Å². The van der Waals surface area contributed by atoms with Crippen molar-refractivity contribution in [3.8, 4) is 0 Å². The number of hydrogen-bond donors (Lipinski definition) is 1. The Morgan fingerprint density at radius 1 is 1.42 bits per heavy atom. The number of methoxy groups -OCH3 is 1. The van der Waals surface area contributed by atoms with Crippen LogP contribution in [0.5, 0.6) is 0 Å². The molecule has 0 aliphatic heterocycles. The van der Waals surface area contributed by atoms with Gasteiger partial charge >= 0.3 is 0 Å². The molecular formula is C19H31N3OS. The summed E-state index contributed by atoms with van der Waals surface area (Å²) in [5.74, 6) is 1.26. The Kier molecular flexibility index (Phi) is 12.7. The zero-order valence-corrected chi connectivity index (χ0v) is 16.4. The molecule has 0 aromatic carbocycles. The standard InChI is InChI=1S/C19H31N3OS/c1-8-11-12-13-17(10-3)16(5)22-19(20-6)24-14-18(23-7)21-15(4)9-2/h8,10,12-13,16H,1,4,9,11,14H2,2-3,5-7H3,(H,20,22)/b13-12-,17-10+,21-18?. The fourth-order valence-electron chi connectivity index (χ4n) is 1.75. The first-order chi connectivity index (χ1) is 11.5. The van der Waals surface area contributed by atoms with E-state index in [9.17, 15) is 0 Å². The Morgan fingerprint density at radius 2 is 2.12 bits per heavy atom. The Morgan fingerprint density at radius 3 is 2.62 bits per heavy atom. The number of nitrogens with one attached hydrogen (secondary N) is 1. The van der Waals surface area contributed by atoms with Crippen LogP contribution in [0.1, 0.15) is 33.6 Å². The number of hydrogen-bond acceptors (Lipinski definition) is 4. The summed E-state index contributed by atoms with van der Waals surface area (Å²) in [6.45, 7) is 13.8. The molecule has 0 saturated heterocycles. The Balaban J connectivity index is 4.73. The molecule has 0 aromatic rings. The predicted molar refractivity (Wildman–Crippen MR) is 110 cm³/mol. The third-order valence-electron chi connectivity index (χ3n) is 3.25. The number of rotatable bonds is 9. The zero-order valence-electron chi connectivity index (χ0n) is 15.6. The van der Waals surface area contributed by atoms with Crippen LogP contribution in [0, 0.1) is 0 Å². The maximum atomic E-state index is 5.31. The van der Waals surface area contributed by atoms with Crippen molar-refractivity contribution >= 4 is 22.8 Å². The SMILES string of the molecule is C=CC/C=C\C(=C/C)C(C)NC(=NC)SCC(=NC(=C)CC)OC. The molecule has 0 amide bonds. The van der Waals surface area contributed by atoms with E-state index in [0.29, 0.717) is 11.7 Å². The molecule has 0 fully saturated rings. The highest BCUT2D eigenvalue weighted by Crippen LogP contribution is 2.11. The van der Waals surface area contributed by atoms with Gasteiger partial charge in [0.1, 0.15) is 0 Å². The summed E-state index contributed by atoms with van der Waals surface area (Å²) in [6, 6.07) is 0.163. The highest BCUT2D eigenvalue weighted by Gasteiger charge is 2.10. The van der Waals surface area contributed by atoms with Gasteiger partial charge in [-0.15, -0.1) is 6.58 Å². The third-order valence-corrected chi connectivity index (χ3v) is 4.21. The van der Waals surface area contributed by atoms with Crippen LogP contribution >= 0.6 is 11.8 Å². The normalized spacial score (nSPS) is 14.6. The summed E-state index contributed by atoms with van der Waals surface area (Å²) in [6.07, 6.45) is 9.87. The van der Waals surface area contributed by atoms with E-state index in [0.717, 1.165) is 23.7 Å². The van der Waals surface area contributed by atoms with Crippen LogP contribution in [-0.4, -0.2) is 37.0 Å². The molecule has 1 N–H and O–H groups in total. The minimum atomic E-state index is 0.163. The van der Waals surface area contributed by atoms with E-state index < -0.39 is 0 Å². The summed E-state index contributed by atoms with van der Waals surface area (Å²) < 4.78 is 5.31. The zero-order chi connectivity index (χ0) is 18.4. The second kappa shape index (κ2) is 13.7. The second-order valence-corrected chi connectivity index (χ2v) is 5.99. The molecule has 0 bridgehead atoms. The molecule has 0 rings (SSSR count). The fourth-order valence-corrected chi connectivity index (χ4v) is 2.58. The topological polar surface area (TPSA) is 46.0 Å². The largest absolute Gasteiger partial charge is 0.483 e. The van der Waals surface area contributed by atoms with E-state index >= 15 is 0 Å². The van der Waals surface area contributed by atoms with Gasteiger partial charge in [0.2, 0.25) is 0 Å². The fraction of sp³-hybridized carbons (Fsp3) is 0.474. The summed E-state index contributed by atoms with van der Waals surface area (Å²) in [7, 11) is 3.41. The molecule has 0 aliphatic rings.